The van der Waals surface area contributed by atoms with Gasteiger partial charge in [0, 0.05) is 12.1 Å². The molecule has 38 heavy (non-hydrogen) atoms. The molecule has 1 aromatic carbocycles. The molecule has 1 saturated heterocycles. The molecule has 10 nitrogen and oxygen atoms in total. The maximum absolute atomic E-state index is 13.4. The van der Waals surface area contributed by atoms with E-state index in [0.29, 0.717) is 16.2 Å². The van der Waals surface area contributed by atoms with Crippen LogP contribution in [0.5, 0.6) is 0 Å². The Morgan fingerprint density at radius 2 is 1.87 bits per heavy atom. The minimum atomic E-state index is -2.14. The van der Waals surface area contributed by atoms with Crippen LogP contribution in [-0.4, -0.2) is 52.7 Å². The van der Waals surface area contributed by atoms with Crippen LogP contribution in [0.3, 0.4) is 0 Å². The molecular weight excluding hydrogens is 547 g/mol. The van der Waals surface area contributed by atoms with Gasteiger partial charge in [-0.25, -0.2) is 4.79 Å². The van der Waals surface area contributed by atoms with Crippen LogP contribution in [0.15, 0.2) is 34.2 Å². The van der Waals surface area contributed by atoms with E-state index in [1.165, 1.54) is 52.7 Å². The highest BCUT2D eigenvalue weighted by molar-refractivity contribution is 8.23. The highest BCUT2D eigenvalue weighted by atomic mass is 32.2. The lowest BCUT2D eigenvalue weighted by molar-refractivity contribution is -0.384. The van der Waals surface area contributed by atoms with Gasteiger partial charge in [-0.3, -0.25) is 24.6 Å². The van der Waals surface area contributed by atoms with E-state index >= 15 is 0 Å². The Bertz CT molecular complexity index is 1150. The van der Waals surface area contributed by atoms with Crippen molar-refractivity contribution in [1.29, 1.82) is 0 Å². The second-order valence-electron chi connectivity index (χ2n) is 10.9. The SMILES string of the molecule is CCC(SC1=C(C(=O)OCc2ccc([N+](=O)[O-])cc2)N2C(=O)[C@H]([C@@H](C)O[Si](C)(C)C(C)(C)C)[C@@H]2S1)C(N)=O. The number of rotatable bonds is 11. The van der Waals surface area contributed by atoms with E-state index in [9.17, 15) is 24.5 Å². The summed E-state index contributed by atoms with van der Waals surface area (Å²) in [6.45, 7) is 14.3. The zero-order valence-electron chi connectivity index (χ0n) is 22.7. The molecular formula is C25H35N3O7S2Si. The van der Waals surface area contributed by atoms with E-state index in [1.807, 2.05) is 13.8 Å². The highest BCUT2D eigenvalue weighted by Crippen LogP contribution is 2.55. The van der Waals surface area contributed by atoms with Crippen molar-refractivity contribution in [2.75, 3.05) is 0 Å². The van der Waals surface area contributed by atoms with Crippen LogP contribution in [-0.2, 0) is 30.2 Å². The highest BCUT2D eigenvalue weighted by Gasteiger charge is 2.59. The number of carbonyl (C=O) groups excluding carboxylic acids is 3. The molecule has 2 heterocycles. The largest absolute Gasteiger partial charge is 0.456 e. The normalized spacial score (nSPS) is 21.0. The minimum Gasteiger partial charge on any atom is -0.456 e. The number of hydrogen-bond acceptors (Lipinski definition) is 9. The van der Waals surface area contributed by atoms with Crippen molar-refractivity contribution in [1.82, 2.24) is 4.90 Å². The van der Waals surface area contributed by atoms with Crippen LogP contribution in [0.4, 0.5) is 5.69 Å². The molecule has 0 aromatic heterocycles. The number of nitro groups is 1. The first-order chi connectivity index (χ1) is 17.6. The molecule has 3 rings (SSSR count). The van der Waals surface area contributed by atoms with Crippen molar-refractivity contribution in [2.24, 2.45) is 11.7 Å². The zero-order chi connectivity index (χ0) is 28.6. The second-order valence-corrected chi connectivity index (χ2v) is 18.2. The number of fused-ring (bicyclic) bond motifs is 1. The molecule has 2 amide bonds. The molecule has 2 N–H and O–H groups in total. The Labute approximate surface area is 232 Å². The molecule has 2 aliphatic rings. The van der Waals surface area contributed by atoms with Crippen LogP contribution >= 0.6 is 23.5 Å². The monoisotopic (exact) mass is 581 g/mol. The summed E-state index contributed by atoms with van der Waals surface area (Å²) in [5, 5.41) is 9.94. The van der Waals surface area contributed by atoms with Gasteiger partial charge in [-0.15, -0.1) is 11.8 Å². The number of nitrogens with zero attached hydrogens (tertiary/aromatic N) is 2. The third-order valence-electron chi connectivity index (χ3n) is 7.19. The van der Waals surface area contributed by atoms with Crippen molar-refractivity contribution < 1.29 is 28.5 Å². The first kappa shape index (κ1) is 30.2. The smallest absolute Gasteiger partial charge is 0.357 e. The predicted molar refractivity (Wildman–Crippen MR) is 150 cm³/mol. The maximum atomic E-state index is 13.4. The minimum absolute atomic E-state index is 0.0293. The third-order valence-corrected chi connectivity index (χ3v) is 14.7. The van der Waals surface area contributed by atoms with Crippen molar-refractivity contribution in [3.8, 4) is 0 Å². The number of thioether (sulfide) groups is 2. The topological polar surface area (TPSA) is 142 Å². The summed E-state index contributed by atoms with van der Waals surface area (Å²) < 4.78 is 12.5. The number of non-ortho nitro benzene ring substituents is 1. The van der Waals surface area contributed by atoms with Crippen LogP contribution in [0, 0.1) is 16.0 Å². The Balaban J connectivity index is 1.81. The lowest BCUT2D eigenvalue weighted by Crippen LogP contribution is -2.62. The van der Waals surface area contributed by atoms with Gasteiger partial charge in [0.25, 0.3) is 5.69 Å². The molecule has 0 bridgehead atoms. The van der Waals surface area contributed by atoms with Gasteiger partial charge in [0.1, 0.15) is 12.0 Å². The van der Waals surface area contributed by atoms with E-state index in [0.717, 1.165) is 0 Å². The molecule has 1 aromatic rings. The van der Waals surface area contributed by atoms with E-state index in [4.69, 9.17) is 14.9 Å². The summed E-state index contributed by atoms with van der Waals surface area (Å²) in [5.74, 6) is -1.88. The molecule has 208 valence electrons. The van der Waals surface area contributed by atoms with Gasteiger partial charge < -0.3 is 14.9 Å². The number of hydrogen-bond donors (Lipinski definition) is 1. The second kappa shape index (κ2) is 11.4. The summed E-state index contributed by atoms with van der Waals surface area (Å²) >= 11 is 2.53. The number of primary amides is 1. The lowest BCUT2D eigenvalue weighted by atomic mass is 9.92. The molecule has 0 spiro atoms. The maximum Gasteiger partial charge on any atom is 0.357 e. The molecule has 0 saturated carbocycles. The molecule has 1 fully saturated rings. The van der Waals surface area contributed by atoms with Gasteiger partial charge in [-0.2, -0.15) is 0 Å². The quantitative estimate of drug-likeness (QED) is 0.129. The first-order valence-electron chi connectivity index (χ1n) is 12.4. The van der Waals surface area contributed by atoms with E-state index < -0.39 is 36.3 Å². The summed E-state index contributed by atoms with van der Waals surface area (Å²) in [4.78, 5) is 50.4. The fourth-order valence-corrected chi connectivity index (χ4v) is 8.37. The number of esters is 1. The third kappa shape index (κ3) is 6.10. The standard InChI is InChI=1S/C25H35N3O7S2Si/c1-8-17(20(26)29)36-24-19(23(31)34-13-15-9-11-16(12-10-15)28(32)33)27-21(30)18(22(27)37-24)14(2)35-38(6,7)25(3,4)5/h9-12,14,17-18,22H,8,13H2,1-7H3,(H2,26,29)/t14-,17?,18+,22+/m1/s1. The number of benzene rings is 1. The fraction of sp³-hybridized carbons (Fsp3) is 0.560. The fourth-order valence-electron chi connectivity index (χ4n) is 3.93. The number of nitro benzene ring substituents is 1. The summed E-state index contributed by atoms with van der Waals surface area (Å²) in [7, 11) is -2.14. The van der Waals surface area contributed by atoms with Gasteiger partial charge >= 0.3 is 5.97 Å². The number of ether oxygens (including phenoxy) is 1. The summed E-state index contributed by atoms with van der Waals surface area (Å²) in [6, 6.07) is 5.67. The Kier molecular flexibility index (Phi) is 9.06. The molecule has 13 heteroatoms. The number of β-lactam (4-membered cyclic amide) rings is 1. The van der Waals surface area contributed by atoms with Gasteiger partial charge in [0.2, 0.25) is 11.8 Å². The van der Waals surface area contributed by atoms with Crippen LogP contribution < -0.4 is 5.73 Å². The van der Waals surface area contributed by atoms with Crippen LogP contribution in [0.1, 0.15) is 46.6 Å². The molecule has 2 aliphatic heterocycles. The van der Waals surface area contributed by atoms with E-state index in [1.54, 1.807) is 0 Å². The Morgan fingerprint density at radius 1 is 1.26 bits per heavy atom. The first-order valence-corrected chi connectivity index (χ1v) is 17.0. The van der Waals surface area contributed by atoms with E-state index in [2.05, 4.69) is 33.9 Å². The molecule has 1 unspecified atom stereocenters. The Hall–Kier alpha value is -2.35. The predicted octanol–water partition coefficient (Wildman–Crippen LogP) is 4.75. The molecule has 4 atom stereocenters. The number of carbonyl (C=O) groups is 3. The summed E-state index contributed by atoms with van der Waals surface area (Å²) in [6.07, 6.45) is 0.110. The average molecular weight is 582 g/mol. The number of amides is 2. The van der Waals surface area contributed by atoms with Gasteiger partial charge in [-0.05, 0) is 49.2 Å². The lowest BCUT2D eigenvalue weighted by Gasteiger charge is -2.48. The van der Waals surface area contributed by atoms with Crippen molar-refractivity contribution in [3.63, 3.8) is 0 Å². The molecule has 0 aliphatic carbocycles. The average Bonchev–Trinajstić information content (AvgIpc) is 3.13. The van der Waals surface area contributed by atoms with Crippen molar-refractivity contribution >= 4 is 55.3 Å². The van der Waals surface area contributed by atoms with Crippen molar-refractivity contribution in [3.05, 3.63) is 49.9 Å². The van der Waals surface area contributed by atoms with Gasteiger partial charge in [-0.1, -0.05) is 39.5 Å². The van der Waals surface area contributed by atoms with Crippen LogP contribution in [0.2, 0.25) is 18.1 Å². The van der Waals surface area contributed by atoms with Gasteiger partial charge in [0.05, 0.1) is 26.4 Å². The van der Waals surface area contributed by atoms with E-state index in [-0.39, 0.29) is 40.4 Å². The van der Waals surface area contributed by atoms with Crippen molar-refractivity contribution in [2.45, 2.75) is 82.5 Å². The Morgan fingerprint density at radius 3 is 2.37 bits per heavy atom. The summed E-state index contributed by atoms with van der Waals surface area (Å²) in [5.41, 5.74) is 6.16. The number of nitrogens with two attached hydrogens (primary N) is 1. The van der Waals surface area contributed by atoms with Gasteiger partial charge in [0.15, 0.2) is 14.0 Å². The molecule has 0 radical (unpaired) electrons. The van der Waals surface area contributed by atoms with Crippen LogP contribution in [0.25, 0.3) is 0 Å². The zero-order valence-corrected chi connectivity index (χ0v) is 25.3.